The Balaban J connectivity index is 3.60. The zero-order valence-corrected chi connectivity index (χ0v) is 13.8. The summed E-state index contributed by atoms with van der Waals surface area (Å²) in [7, 11) is 1.66. The molecule has 0 amide bonds. The molecule has 0 radical (unpaired) electrons. The van der Waals surface area contributed by atoms with Crippen LogP contribution in [0.3, 0.4) is 0 Å². The van der Waals surface area contributed by atoms with E-state index in [1.807, 2.05) is 7.11 Å². The van der Waals surface area contributed by atoms with Crippen molar-refractivity contribution in [1.29, 1.82) is 0 Å². The van der Waals surface area contributed by atoms with E-state index in [0.717, 1.165) is 0 Å². The molecule has 0 rings (SSSR count). The highest BCUT2D eigenvalue weighted by Crippen LogP contribution is 2.04. The lowest BCUT2D eigenvalue weighted by Crippen LogP contribution is -2.27. The van der Waals surface area contributed by atoms with E-state index in [9.17, 15) is 0 Å². The first kappa shape index (κ1) is 17.1. The topological polar surface area (TPSA) is 12.5 Å². The Morgan fingerprint density at radius 3 is 1.82 bits per heavy atom. The van der Waals surface area contributed by atoms with Gasteiger partial charge in [-0.1, -0.05) is 39.5 Å². The van der Waals surface area contributed by atoms with Crippen LogP contribution in [0.1, 0.15) is 58.8 Å². The Labute approximate surface area is 111 Å². The van der Waals surface area contributed by atoms with Crippen molar-refractivity contribution in [3.8, 4) is 0 Å². The number of nitrogens with zero attached hydrogens (tertiary/aromatic N) is 1. The molecule has 0 aliphatic heterocycles. The molecule has 0 bridgehead atoms. The maximum atomic E-state index is 5.24. The molecule has 0 N–H and O–H groups in total. The molecule has 17 heavy (non-hydrogen) atoms. The van der Waals surface area contributed by atoms with Gasteiger partial charge in [0.15, 0.2) is 9.76 Å². The Morgan fingerprint density at radius 2 is 1.35 bits per heavy atom. The number of rotatable bonds is 13. The molecule has 0 heterocycles. The van der Waals surface area contributed by atoms with Crippen LogP contribution in [0.25, 0.3) is 0 Å². The quantitative estimate of drug-likeness (QED) is 0.372. The van der Waals surface area contributed by atoms with Gasteiger partial charge in [0.25, 0.3) is 0 Å². The van der Waals surface area contributed by atoms with E-state index in [0.29, 0.717) is 0 Å². The Morgan fingerprint density at radius 1 is 0.824 bits per heavy atom. The smallest absolute Gasteiger partial charge is 0.161 e. The molecular weight excluding hydrogens is 226 g/mol. The van der Waals surface area contributed by atoms with Crippen molar-refractivity contribution in [3.05, 3.63) is 0 Å². The maximum Gasteiger partial charge on any atom is 0.161 e. The van der Waals surface area contributed by atoms with Crippen LogP contribution in [0.2, 0.25) is 6.04 Å². The fraction of sp³-hybridized carbons (Fsp3) is 1.00. The van der Waals surface area contributed by atoms with Gasteiger partial charge in [-0.2, -0.15) is 0 Å². The van der Waals surface area contributed by atoms with Gasteiger partial charge in [-0.25, -0.2) is 0 Å². The molecule has 0 aromatic rings. The summed E-state index contributed by atoms with van der Waals surface area (Å²) in [5.74, 6) is 0. The minimum atomic E-state index is -0.195. The molecule has 0 fully saturated rings. The van der Waals surface area contributed by atoms with Gasteiger partial charge in [-0.15, -0.1) is 0 Å². The third kappa shape index (κ3) is 12.4. The van der Waals surface area contributed by atoms with Crippen LogP contribution >= 0.6 is 0 Å². The molecular formula is C14H33NOSi. The number of hydrogen-bond donors (Lipinski definition) is 0. The first-order valence-corrected chi connectivity index (χ1v) is 9.14. The SMILES string of the molecule is CCCCCN(CCCCC)CCC[SiH2]OC. The standard InChI is InChI=1S/C14H33NOSi/c1-4-6-8-11-15(12-9-7-5-2)13-10-14-17-16-3/h4-14,17H2,1-3H3. The summed E-state index contributed by atoms with van der Waals surface area (Å²) in [4.78, 5) is 2.68. The van der Waals surface area contributed by atoms with Crippen LogP contribution < -0.4 is 0 Å². The Bertz CT molecular complexity index is 134. The highest BCUT2D eigenvalue weighted by molar-refractivity contribution is 6.26. The Hall–Kier alpha value is 0.137. The van der Waals surface area contributed by atoms with Gasteiger partial charge in [0.2, 0.25) is 0 Å². The van der Waals surface area contributed by atoms with Crippen molar-refractivity contribution in [1.82, 2.24) is 4.90 Å². The third-order valence-corrected chi connectivity index (χ3v) is 4.43. The molecule has 0 aromatic carbocycles. The summed E-state index contributed by atoms with van der Waals surface area (Å²) in [6.45, 7) is 8.49. The van der Waals surface area contributed by atoms with Crippen LogP contribution in [0, 0.1) is 0 Å². The molecule has 0 aliphatic rings. The largest absolute Gasteiger partial charge is 0.427 e. The highest BCUT2D eigenvalue weighted by atomic mass is 28.2. The minimum Gasteiger partial charge on any atom is -0.427 e. The van der Waals surface area contributed by atoms with Gasteiger partial charge < -0.3 is 9.33 Å². The van der Waals surface area contributed by atoms with Gasteiger partial charge in [-0.05, 0) is 44.9 Å². The lowest BCUT2D eigenvalue weighted by Gasteiger charge is -2.22. The van der Waals surface area contributed by atoms with Gasteiger partial charge in [0.05, 0.1) is 0 Å². The second-order valence-electron chi connectivity index (χ2n) is 4.96. The van der Waals surface area contributed by atoms with Gasteiger partial charge >= 0.3 is 0 Å². The predicted octanol–water partition coefficient (Wildman–Crippen LogP) is 3.21. The maximum absolute atomic E-state index is 5.24. The van der Waals surface area contributed by atoms with Crippen molar-refractivity contribution < 1.29 is 4.43 Å². The van der Waals surface area contributed by atoms with Gasteiger partial charge in [0, 0.05) is 7.11 Å². The molecule has 0 atom stereocenters. The first-order chi connectivity index (χ1) is 8.35. The molecule has 0 unspecified atom stereocenters. The van der Waals surface area contributed by atoms with E-state index < -0.39 is 0 Å². The van der Waals surface area contributed by atoms with E-state index >= 15 is 0 Å². The summed E-state index contributed by atoms with van der Waals surface area (Å²) in [6, 6.07) is 1.34. The molecule has 104 valence electrons. The van der Waals surface area contributed by atoms with E-state index in [1.54, 1.807) is 0 Å². The van der Waals surface area contributed by atoms with E-state index in [2.05, 4.69) is 18.7 Å². The Kier molecular flexibility index (Phi) is 14.3. The van der Waals surface area contributed by atoms with Gasteiger partial charge in [0.1, 0.15) is 0 Å². The normalized spacial score (nSPS) is 12.0. The molecule has 0 spiro atoms. The second kappa shape index (κ2) is 14.2. The van der Waals surface area contributed by atoms with E-state index in [-0.39, 0.29) is 9.76 Å². The summed E-state index contributed by atoms with van der Waals surface area (Å²) in [5.41, 5.74) is 0. The molecule has 2 nitrogen and oxygen atoms in total. The van der Waals surface area contributed by atoms with Crippen molar-refractivity contribution in [2.45, 2.75) is 64.8 Å². The van der Waals surface area contributed by atoms with Crippen LogP contribution in [0.15, 0.2) is 0 Å². The molecule has 3 heteroatoms. The van der Waals surface area contributed by atoms with E-state index in [1.165, 1.54) is 70.6 Å². The lowest BCUT2D eigenvalue weighted by molar-refractivity contribution is 0.261. The summed E-state index contributed by atoms with van der Waals surface area (Å²) < 4.78 is 5.24. The number of unbranched alkanes of at least 4 members (excludes halogenated alkanes) is 4. The van der Waals surface area contributed by atoms with E-state index in [4.69, 9.17) is 4.43 Å². The number of hydrogen-bond acceptors (Lipinski definition) is 2. The van der Waals surface area contributed by atoms with Crippen molar-refractivity contribution in [2.75, 3.05) is 26.7 Å². The lowest BCUT2D eigenvalue weighted by atomic mass is 10.2. The van der Waals surface area contributed by atoms with Crippen molar-refractivity contribution >= 4 is 9.76 Å². The zero-order valence-electron chi connectivity index (χ0n) is 12.3. The highest BCUT2D eigenvalue weighted by Gasteiger charge is 2.03. The average Bonchev–Trinajstić information content (AvgIpc) is 2.34. The van der Waals surface area contributed by atoms with Crippen molar-refractivity contribution in [3.63, 3.8) is 0 Å². The monoisotopic (exact) mass is 259 g/mol. The van der Waals surface area contributed by atoms with Crippen LogP contribution in [-0.4, -0.2) is 41.4 Å². The van der Waals surface area contributed by atoms with Gasteiger partial charge in [-0.3, -0.25) is 0 Å². The first-order valence-electron chi connectivity index (χ1n) is 7.56. The molecule has 0 saturated heterocycles. The van der Waals surface area contributed by atoms with Crippen molar-refractivity contribution in [2.24, 2.45) is 0 Å². The fourth-order valence-corrected chi connectivity index (χ4v) is 2.80. The predicted molar refractivity (Wildman–Crippen MR) is 80.5 cm³/mol. The molecule has 0 aliphatic carbocycles. The average molecular weight is 260 g/mol. The van der Waals surface area contributed by atoms with Crippen LogP contribution in [0.5, 0.6) is 0 Å². The summed E-state index contributed by atoms with van der Waals surface area (Å²) in [5, 5.41) is 0. The summed E-state index contributed by atoms with van der Waals surface area (Å²) >= 11 is 0. The fourth-order valence-electron chi connectivity index (χ4n) is 2.09. The molecule has 0 aromatic heterocycles. The zero-order chi connectivity index (χ0) is 12.8. The summed E-state index contributed by atoms with van der Waals surface area (Å²) in [6.07, 6.45) is 9.54. The third-order valence-electron chi connectivity index (χ3n) is 3.23. The minimum absolute atomic E-state index is 0.195. The van der Waals surface area contributed by atoms with Crippen LogP contribution in [-0.2, 0) is 4.43 Å². The second-order valence-corrected chi connectivity index (χ2v) is 6.65. The molecule has 0 saturated carbocycles. The van der Waals surface area contributed by atoms with Crippen LogP contribution in [0.4, 0.5) is 0 Å².